The highest BCUT2D eigenvalue weighted by Gasteiger charge is 2.19. The molecule has 1 saturated heterocycles. The van der Waals surface area contributed by atoms with Gasteiger partial charge in [-0.15, -0.1) is 0 Å². The molecule has 0 radical (unpaired) electrons. The van der Waals surface area contributed by atoms with Gasteiger partial charge in [0.25, 0.3) is 11.5 Å². The molecule has 29 heavy (non-hydrogen) atoms. The molecule has 8 nitrogen and oxygen atoms in total. The lowest BCUT2D eigenvalue weighted by molar-refractivity contribution is 0.0995. The number of anilines is 2. The summed E-state index contributed by atoms with van der Waals surface area (Å²) in [5.41, 5.74) is 7.02. The van der Waals surface area contributed by atoms with E-state index in [9.17, 15) is 14.4 Å². The first-order valence-electron chi connectivity index (χ1n) is 10.1. The Morgan fingerprint density at radius 3 is 2.59 bits per heavy atom. The number of hydrogen-bond acceptors (Lipinski definition) is 5. The fourth-order valence-corrected chi connectivity index (χ4v) is 3.42. The zero-order valence-electron chi connectivity index (χ0n) is 16.7. The zero-order valence-corrected chi connectivity index (χ0v) is 16.7. The number of unbranched alkanes of at least 4 members (excludes halogenated alkanes) is 1. The van der Waals surface area contributed by atoms with Crippen LogP contribution in [0, 0.1) is 0 Å². The van der Waals surface area contributed by atoms with E-state index in [0.29, 0.717) is 17.8 Å². The lowest BCUT2D eigenvalue weighted by atomic mass is 10.1. The van der Waals surface area contributed by atoms with Crippen molar-refractivity contribution < 1.29 is 9.59 Å². The second kappa shape index (κ2) is 9.36. The van der Waals surface area contributed by atoms with E-state index in [2.05, 4.69) is 15.3 Å². The second-order valence-electron chi connectivity index (χ2n) is 7.23. The molecule has 2 heterocycles. The fourth-order valence-electron chi connectivity index (χ4n) is 3.42. The SMILES string of the molecule is CCCCn1nc(C(=O)Nc2cc(C(N)=O)ccc2N2CCCCC2)ccc1=O. The Morgan fingerprint density at radius 2 is 1.90 bits per heavy atom. The molecule has 2 aromatic rings. The lowest BCUT2D eigenvalue weighted by Gasteiger charge is -2.30. The van der Waals surface area contributed by atoms with Crippen molar-refractivity contribution in [3.8, 4) is 0 Å². The highest BCUT2D eigenvalue weighted by Crippen LogP contribution is 2.30. The van der Waals surface area contributed by atoms with Crippen LogP contribution in [0.2, 0.25) is 0 Å². The van der Waals surface area contributed by atoms with E-state index in [-0.39, 0.29) is 11.3 Å². The average Bonchev–Trinajstić information content (AvgIpc) is 2.73. The van der Waals surface area contributed by atoms with Crippen LogP contribution in [-0.2, 0) is 6.54 Å². The summed E-state index contributed by atoms with van der Waals surface area (Å²) in [6.45, 7) is 4.26. The van der Waals surface area contributed by atoms with Gasteiger partial charge in [0, 0.05) is 31.3 Å². The van der Waals surface area contributed by atoms with Gasteiger partial charge in [-0.25, -0.2) is 4.68 Å². The van der Waals surface area contributed by atoms with E-state index in [1.165, 1.54) is 23.2 Å². The van der Waals surface area contributed by atoms with E-state index in [1.807, 2.05) is 13.0 Å². The Hall–Kier alpha value is -3.16. The van der Waals surface area contributed by atoms with Gasteiger partial charge in [-0.2, -0.15) is 5.10 Å². The summed E-state index contributed by atoms with van der Waals surface area (Å²) in [5.74, 6) is -0.993. The van der Waals surface area contributed by atoms with Crippen LogP contribution in [0.1, 0.15) is 59.9 Å². The van der Waals surface area contributed by atoms with Crippen LogP contribution in [-0.4, -0.2) is 34.7 Å². The number of nitrogens with two attached hydrogens (primary N) is 1. The number of hydrogen-bond donors (Lipinski definition) is 2. The van der Waals surface area contributed by atoms with Gasteiger partial charge in [-0.1, -0.05) is 13.3 Å². The van der Waals surface area contributed by atoms with Crippen molar-refractivity contribution in [1.82, 2.24) is 9.78 Å². The maximum absolute atomic E-state index is 12.8. The average molecular weight is 397 g/mol. The molecule has 1 aromatic heterocycles. The molecular formula is C21H27N5O3. The van der Waals surface area contributed by atoms with Gasteiger partial charge in [0.2, 0.25) is 5.91 Å². The lowest BCUT2D eigenvalue weighted by Crippen LogP contribution is -2.31. The Kier molecular flexibility index (Phi) is 6.64. The number of rotatable bonds is 7. The van der Waals surface area contributed by atoms with Crippen LogP contribution in [0.5, 0.6) is 0 Å². The Bertz CT molecular complexity index is 948. The molecule has 1 aromatic carbocycles. The van der Waals surface area contributed by atoms with Crippen molar-refractivity contribution in [2.75, 3.05) is 23.3 Å². The summed E-state index contributed by atoms with van der Waals surface area (Å²) >= 11 is 0. The summed E-state index contributed by atoms with van der Waals surface area (Å²) in [6.07, 6.45) is 5.06. The number of nitrogens with zero attached hydrogens (tertiary/aromatic N) is 3. The minimum absolute atomic E-state index is 0.148. The third-order valence-electron chi connectivity index (χ3n) is 5.05. The highest BCUT2D eigenvalue weighted by molar-refractivity contribution is 6.06. The van der Waals surface area contributed by atoms with Crippen LogP contribution in [0.15, 0.2) is 35.1 Å². The summed E-state index contributed by atoms with van der Waals surface area (Å²) in [5, 5.41) is 7.05. The minimum Gasteiger partial charge on any atom is -0.370 e. The number of nitrogens with one attached hydrogen (secondary N) is 1. The molecule has 2 amide bonds. The summed E-state index contributed by atoms with van der Waals surface area (Å²) in [4.78, 5) is 38.6. The minimum atomic E-state index is -0.558. The third-order valence-corrected chi connectivity index (χ3v) is 5.05. The van der Waals surface area contributed by atoms with E-state index in [1.54, 1.807) is 12.1 Å². The molecule has 8 heteroatoms. The van der Waals surface area contributed by atoms with Crippen LogP contribution in [0.3, 0.4) is 0 Å². The molecule has 0 unspecified atom stereocenters. The van der Waals surface area contributed by atoms with Crippen LogP contribution >= 0.6 is 0 Å². The van der Waals surface area contributed by atoms with Crippen LogP contribution < -0.4 is 21.5 Å². The monoisotopic (exact) mass is 397 g/mol. The molecule has 0 spiro atoms. The third kappa shape index (κ3) is 5.01. The maximum atomic E-state index is 12.8. The Balaban J connectivity index is 1.89. The van der Waals surface area contributed by atoms with Gasteiger partial charge < -0.3 is 16.0 Å². The maximum Gasteiger partial charge on any atom is 0.276 e. The van der Waals surface area contributed by atoms with E-state index < -0.39 is 11.8 Å². The molecule has 3 N–H and O–H groups in total. The molecule has 0 atom stereocenters. The van der Waals surface area contributed by atoms with Gasteiger partial charge in [-0.05, 0) is 49.9 Å². The largest absolute Gasteiger partial charge is 0.370 e. The quantitative estimate of drug-likeness (QED) is 0.745. The van der Waals surface area contributed by atoms with Gasteiger partial charge in [0.05, 0.1) is 11.4 Å². The van der Waals surface area contributed by atoms with E-state index in [0.717, 1.165) is 44.5 Å². The second-order valence-corrected chi connectivity index (χ2v) is 7.23. The highest BCUT2D eigenvalue weighted by atomic mass is 16.2. The van der Waals surface area contributed by atoms with E-state index >= 15 is 0 Å². The van der Waals surface area contributed by atoms with Gasteiger partial charge in [-0.3, -0.25) is 14.4 Å². The predicted molar refractivity (Wildman–Crippen MR) is 112 cm³/mol. The first-order chi connectivity index (χ1) is 14.0. The number of carbonyl (C=O) groups excluding carboxylic acids is 2. The molecule has 1 aliphatic rings. The first kappa shape index (κ1) is 20.6. The van der Waals surface area contributed by atoms with Crippen molar-refractivity contribution >= 4 is 23.2 Å². The molecule has 1 fully saturated rings. The smallest absolute Gasteiger partial charge is 0.276 e. The standard InChI is InChI=1S/C21H27N5O3/c1-2-3-13-26-19(27)10-8-16(24-26)21(29)23-17-14-15(20(22)28)7-9-18(17)25-11-5-4-6-12-25/h7-10,14H,2-6,11-13H2,1H3,(H2,22,28)(H,23,29). The predicted octanol–water partition coefficient (Wildman–Crippen LogP) is 2.38. The van der Waals surface area contributed by atoms with Crippen LogP contribution in [0.4, 0.5) is 11.4 Å². The molecule has 0 aliphatic carbocycles. The summed E-state index contributed by atoms with van der Waals surface area (Å²) in [6, 6.07) is 7.85. The first-order valence-corrected chi connectivity index (χ1v) is 10.1. The number of aryl methyl sites for hydroxylation is 1. The Morgan fingerprint density at radius 1 is 1.14 bits per heavy atom. The van der Waals surface area contributed by atoms with Crippen molar-refractivity contribution in [2.45, 2.75) is 45.6 Å². The number of benzene rings is 1. The van der Waals surface area contributed by atoms with Gasteiger partial charge in [0.15, 0.2) is 0 Å². The van der Waals surface area contributed by atoms with Gasteiger partial charge >= 0.3 is 0 Å². The van der Waals surface area contributed by atoms with Crippen molar-refractivity contribution in [3.05, 3.63) is 51.9 Å². The number of amides is 2. The normalized spacial score (nSPS) is 13.9. The van der Waals surface area contributed by atoms with Crippen molar-refractivity contribution in [1.29, 1.82) is 0 Å². The molecule has 0 bridgehead atoms. The molecule has 3 rings (SSSR count). The van der Waals surface area contributed by atoms with Crippen LogP contribution in [0.25, 0.3) is 0 Å². The van der Waals surface area contributed by atoms with Gasteiger partial charge in [0.1, 0.15) is 5.69 Å². The topological polar surface area (TPSA) is 110 Å². The number of aromatic nitrogens is 2. The molecular weight excluding hydrogens is 370 g/mol. The van der Waals surface area contributed by atoms with E-state index in [4.69, 9.17) is 5.73 Å². The summed E-state index contributed by atoms with van der Waals surface area (Å²) < 4.78 is 1.31. The molecule has 0 saturated carbocycles. The number of primary amides is 1. The molecule has 154 valence electrons. The number of carbonyl (C=O) groups is 2. The zero-order chi connectivity index (χ0) is 20.8. The fraction of sp³-hybridized carbons (Fsp3) is 0.429. The van der Waals surface area contributed by atoms with Crippen molar-refractivity contribution in [3.63, 3.8) is 0 Å². The number of piperidine rings is 1. The molecule has 1 aliphatic heterocycles. The Labute approximate surface area is 169 Å². The summed E-state index contributed by atoms with van der Waals surface area (Å²) in [7, 11) is 0. The van der Waals surface area contributed by atoms with Crippen molar-refractivity contribution in [2.24, 2.45) is 5.73 Å².